The van der Waals surface area contributed by atoms with Crippen molar-refractivity contribution in [2.75, 3.05) is 12.8 Å². The molecule has 4 heteroatoms. The zero-order valence-corrected chi connectivity index (χ0v) is 14.4. The van der Waals surface area contributed by atoms with Crippen LogP contribution in [0.5, 0.6) is 0 Å². The Bertz CT molecular complexity index is 566. The van der Waals surface area contributed by atoms with Crippen LogP contribution in [-0.4, -0.2) is 22.4 Å². The highest BCUT2D eigenvalue weighted by Gasteiger charge is 2.15. The lowest BCUT2D eigenvalue weighted by Gasteiger charge is -2.21. The van der Waals surface area contributed by atoms with Crippen LogP contribution in [0.3, 0.4) is 0 Å². The SMILES string of the molecule is CNC(CSc1nccn1C)c1ccc(C(C)(C)C)cc1. The maximum absolute atomic E-state index is 4.36. The third-order valence-electron chi connectivity index (χ3n) is 3.68. The van der Waals surface area contributed by atoms with Gasteiger partial charge in [0.25, 0.3) is 0 Å². The monoisotopic (exact) mass is 303 g/mol. The van der Waals surface area contributed by atoms with Crippen molar-refractivity contribution >= 4 is 11.8 Å². The van der Waals surface area contributed by atoms with E-state index in [4.69, 9.17) is 0 Å². The number of rotatable bonds is 5. The molecule has 21 heavy (non-hydrogen) atoms. The van der Waals surface area contributed by atoms with E-state index < -0.39 is 0 Å². The summed E-state index contributed by atoms with van der Waals surface area (Å²) in [6.45, 7) is 6.73. The first-order valence-electron chi connectivity index (χ1n) is 7.29. The average Bonchev–Trinajstić information content (AvgIpc) is 2.85. The Morgan fingerprint density at radius 1 is 1.24 bits per heavy atom. The first-order valence-corrected chi connectivity index (χ1v) is 8.28. The minimum Gasteiger partial charge on any atom is -0.329 e. The third-order valence-corrected chi connectivity index (χ3v) is 4.84. The summed E-state index contributed by atoms with van der Waals surface area (Å²) in [6.07, 6.45) is 3.82. The smallest absolute Gasteiger partial charge is 0.167 e. The molecular formula is C17H25N3S. The van der Waals surface area contributed by atoms with E-state index in [-0.39, 0.29) is 5.41 Å². The second-order valence-electron chi connectivity index (χ2n) is 6.34. The maximum atomic E-state index is 4.36. The summed E-state index contributed by atoms with van der Waals surface area (Å²) in [5.74, 6) is 0.968. The fraction of sp³-hybridized carbons (Fsp3) is 0.471. The predicted molar refractivity (Wildman–Crippen MR) is 90.9 cm³/mol. The molecule has 0 amide bonds. The Hall–Kier alpha value is -1.26. The number of hydrogen-bond acceptors (Lipinski definition) is 3. The Morgan fingerprint density at radius 2 is 1.90 bits per heavy atom. The van der Waals surface area contributed by atoms with Crippen molar-refractivity contribution in [2.45, 2.75) is 37.4 Å². The summed E-state index contributed by atoms with van der Waals surface area (Å²) >= 11 is 1.78. The van der Waals surface area contributed by atoms with Gasteiger partial charge in [0.15, 0.2) is 5.16 Å². The highest BCUT2D eigenvalue weighted by molar-refractivity contribution is 7.99. The topological polar surface area (TPSA) is 29.9 Å². The summed E-state index contributed by atoms with van der Waals surface area (Å²) in [7, 11) is 4.04. The molecule has 2 rings (SSSR count). The molecule has 0 aliphatic rings. The zero-order valence-electron chi connectivity index (χ0n) is 13.6. The van der Waals surface area contributed by atoms with E-state index >= 15 is 0 Å². The Kier molecular flexibility index (Phi) is 5.12. The van der Waals surface area contributed by atoms with E-state index in [1.165, 1.54) is 11.1 Å². The van der Waals surface area contributed by atoms with Crippen molar-refractivity contribution in [1.29, 1.82) is 0 Å². The lowest BCUT2D eigenvalue weighted by atomic mass is 9.86. The summed E-state index contributed by atoms with van der Waals surface area (Å²) in [6, 6.07) is 9.29. The average molecular weight is 303 g/mol. The van der Waals surface area contributed by atoms with Crippen LogP contribution in [0.1, 0.15) is 37.9 Å². The number of benzene rings is 1. The number of nitrogens with zero attached hydrogens (tertiary/aromatic N) is 2. The van der Waals surface area contributed by atoms with Crippen LogP contribution in [0.4, 0.5) is 0 Å². The molecule has 1 heterocycles. The molecule has 0 bridgehead atoms. The quantitative estimate of drug-likeness (QED) is 0.853. The van der Waals surface area contributed by atoms with Crippen LogP contribution in [0.15, 0.2) is 41.8 Å². The minimum absolute atomic E-state index is 0.204. The molecule has 0 spiro atoms. The van der Waals surface area contributed by atoms with Gasteiger partial charge >= 0.3 is 0 Å². The number of hydrogen-bond donors (Lipinski definition) is 1. The van der Waals surface area contributed by atoms with Crippen LogP contribution in [0.2, 0.25) is 0 Å². The van der Waals surface area contributed by atoms with Crippen LogP contribution in [0, 0.1) is 0 Å². The largest absolute Gasteiger partial charge is 0.329 e. The second kappa shape index (κ2) is 6.67. The highest BCUT2D eigenvalue weighted by atomic mass is 32.2. The molecule has 3 nitrogen and oxygen atoms in total. The van der Waals surface area contributed by atoms with Crippen LogP contribution < -0.4 is 5.32 Å². The van der Waals surface area contributed by atoms with Gasteiger partial charge in [-0.05, 0) is 23.6 Å². The van der Waals surface area contributed by atoms with Crippen LogP contribution >= 0.6 is 11.8 Å². The second-order valence-corrected chi connectivity index (χ2v) is 7.33. The van der Waals surface area contributed by atoms with E-state index in [0.717, 1.165) is 10.9 Å². The summed E-state index contributed by atoms with van der Waals surface area (Å²) in [5, 5.41) is 4.46. The number of aromatic nitrogens is 2. The first kappa shape index (κ1) is 16.1. The number of nitrogens with one attached hydrogen (secondary N) is 1. The van der Waals surface area contributed by atoms with Crippen molar-refractivity contribution in [1.82, 2.24) is 14.9 Å². The van der Waals surface area contributed by atoms with Gasteiger partial charge in [0.1, 0.15) is 0 Å². The van der Waals surface area contributed by atoms with Gasteiger partial charge in [0, 0.05) is 31.2 Å². The van der Waals surface area contributed by atoms with Gasteiger partial charge in [-0.25, -0.2) is 4.98 Å². The molecule has 0 fully saturated rings. The Balaban J connectivity index is 2.05. The lowest BCUT2D eigenvalue weighted by molar-refractivity contribution is 0.588. The predicted octanol–water partition coefficient (Wildman–Crippen LogP) is 3.77. The molecule has 1 aromatic heterocycles. The zero-order chi connectivity index (χ0) is 15.5. The van der Waals surface area contributed by atoms with Gasteiger partial charge in [-0.3, -0.25) is 0 Å². The van der Waals surface area contributed by atoms with Crippen LogP contribution in [0.25, 0.3) is 0 Å². The van der Waals surface area contributed by atoms with Gasteiger partial charge in [-0.2, -0.15) is 0 Å². The van der Waals surface area contributed by atoms with E-state index in [0.29, 0.717) is 6.04 Å². The summed E-state index contributed by atoms with van der Waals surface area (Å²) in [5.41, 5.74) is 2.90. The highest BCUT2D eigenvalue weighted by Crippen LogP contribution is 2.26. The van der Waals surface area contributed by atoms with Gasteiger partial charge in [-0.1, -0.05) is 56.8 Å². The summed E-state index contributed by atoms with van der Waals surface area (Å²) in [4.78, 5) is 4.36. The molecule has 0 radical (unpaired) electrons. The molecule has 1 aromatic carbocycles. The van der Waals surface area contributed by atoms with E-state index in [1.54, 1.807) is 11.8 Å². The Labute approximate surface area is 132 Å². The lowest BCUT2D eigenvalue weighted by Crippen LogP contribution is -2.19. The van der Waals surface area contributed by atoms with E-state index in [1.807, 2.05) is 26.5 Å². The van der Waals surface area contributed by atoms with Gasteiger partial charge in [-0.15, -0.1) is 0 Å². The van der Waals surface area contributed by atoms with Crippen molar-refractivity contribution in [3.8, 4) is 0 Å². The van der Waals surface area contributed by atoms with Gasteiger partial charge < -0.3 is 9.88 Å². The fourth-order valence-electron chi connectivity index (χ4n) is 2.21. The molecule has 1 atom stereocenters. The number of aryl methyl sites for hydroxylation is 1. The molecule has 0 aliphatic carbocycles. The molecule has 1 N–H and O–H groups in total. The standard InChI is InChI=1S/C17H25N3S/c1-17(2,3)14-8-6-13(7-9-14)15(18-4)12-21-16-19-10-11-20(16)5/h6-11,15,18H,12H2,1-5H3. The fourth-order valence-corrected chi connectivity index (χ4v) is 3.29. The van der Waals surface area contributed by atoms with Crippen molar-refractivity contribution < 1.29 is 0 Å². The van der Waals surface area contributed by atoms with Crippen molar-refractivity contribution in [3.05, 3.63) is 47.8 Å². The summed E-state index contributed by atoms with van der Waals surface area (Å²) < 4.78 is 2.06. The first-order chi connectivity index (χ1) is 9.91. The van der Waals surface area contributed by atoms with Gasteiger partial charge in [0.05, 0.1) is 0 Å². The minimum atomic E-state index is 0.204. The molecule has 0 saturated heterocycles. The number of thioether (sulfide) groups is 1. The van der Waals surface area contributed by atoms with E-state index in [2.05, 4.69) is 59.9 Å². The van der Waals surface area contributed by atoms with Crippen molar-refractivity contribution in [3.63, 3.8) is 0 Å². The molecule has 0 aliphatic heterocycles. The number of imidazole rings is 1. The van der Waals surface area contributed by atoms with Crippen molar-refractivity contribution in [2.24, 2.45) is 7.05 Å². The molecule has 0 saturated carbocycles. The molecular weight excluding hydrogens is 278 g/mol. The normalized spacial score (nSPS) is 13.4. The van der Waals surface area contributed by atoms with Crippen LogP contribution in [-0.2, 0) is 12.5 Å². The molecule has 1 unspecified atom stereocenters. The maximum Gasteiger partial charge on any atom is 0.167 e. The third kappa shape index (κ3) is 4.11. The molecule has 114 valence electrons. The Morgan fingerprint density at radius 3 is 2.38 bits per heavy atom. The molecule has 2 aromatic rings. The van der Waals surface area contributed by atoms with Gasteiger partial charge in [0.2, 0.25) is 0 Å². The van der Waals surface area contributed by atoms with E-state index in [9.17, 15) is 0 Å².